The Hall–Kier alpha value is -2.19. The zero-order chi connectivity index (χ0) is 18.4. The summed E-state index contributed by atoms with van der Waals surface area (Å²) in [6.07, 6.45) is 8.54. The van der Waals surface area contributed by atoms with Crippen molar-refractivity contribution < 1.29 is 0 Å². The molecule has 2 aliphatic rings. The molecule has 1 saturated carbocycles. The second kappa shape index (κ2) is 6.45. The number of rotatable bonds is 5. The Balaban J connectivity index is 1.42. The van der Waals surface area contributed by atoms with E-state index in [4.69, 9.17) is 9.97 Å². The summed E-state index contributed by atoms with van der Waals surface area (Å²) in [4.78, 5) is 10.6. The van der Waals surface area contributed by atoms with E-state index in [0.29, 0.717) is 12.0 Å². The van der Waals surface area contributed by atoms with Gasteiger partial charge in [0.15, 0.2) is 0 Å². The summed E-state index contributed by atoms with van der Waals surface area (Å²) in [6.45, 7) is 6.48. The second-order valence-corrected chi connectivity index (χ2v) is 8.85. The second-order valence-electron chi connectivity index (χ2n) is 8.00. The van der Waals surface area contributed by atoms with Crippen LogP contribution in [0.4, 0.5) is 17.5 Å². The predicted molar refractivity (Wildman–Crippen MR) is 110 cm³/mol. The number of aromatic nitrogens is 4. The summed E-state index contributed by atoms with van der Waals surface area (Å²) >= 11 is 1.67. The molecule has 142 valence electrons. The topological polar surface area (TPSA) is 79.7 Å². The number of hydrogen-bond donors (Lipinski definition) is 3. The number of fused-ring (bicyclic) bond motifs is 1. The molecule has 3 aromatic rings. The molecular weight excluding hydrogens is 358 g/mol. The van der Waals surface area contributed by atoms with Gasteiger partial charge in [0.25, 0.3) is 0 Å². The molecule has 0 spiro atoms. The third-order valence-electron chi connectivity index (χ3n) is 5.58. The molecule has 2 fully saturated rings. The van der Waals surface area contributed by atoms with Crippen molar-refractivity contribution in [3.8, 4) is 0 Å². The number of aryl methyl sites for hydroxylation is 1. The van der Waals surface area contributed by atoms with Crippen molar-refractivity contribution >= 4 is 39.0 Å². The highest BCUT2D eigenvalue weighted by Crippen LogP contribution is 2.41. The summed E-state index contributed by atoms with van der Waals surface area (Å²) < 4.78 is 2.07. The van der Waals surface area contributed by atoms with Crippen molar-refractivity contribution in [3.63, 3.8) is 0 Å². The Morgan fingerprint density at radius 2 is 2.07 bits per heavy atom. The van der Waals surface area contributed by atoms with Gasteiger partial charge in [-0.2, -0.15) is 10.1 Å². The number of thiophene rings is 1. The van der Waals surface area contributed by atoms with Gasteiger partial charge in [0.05, 0.1) is 23.3 Å². The molecule has 0 atom stereocenters. The van der Waals surface area contributed by atoms with E-state index < -0.39 is 0 Å². The van der Waals surface area contributed by atoms with E-state index in [1.807, 2.05) is 6.20 Å². The fourth-order valence-electron chi connectivity index (χ4n) is 3.63. The van der Waals surface area contributed by atoms with Crippen LogP contribution in [0, 0.1) is 6.92 Å². The first-order valence-electron chi connectivity index (χ1n) is 9.66. The summed E-state index contributed by atoms with van der Waals surface area (Å²) in [6, 6.07) is 0.470. The zero-order valence-electron chi connectivity index (χ0n) is 15.7. The van der Waals surface area contributed by atoms with Crippen molar-refractivity contribution in [2.45, 2.75) is 51.1 Å². The van der Waals surface area contributed by atoms with E-state index in [-0.39, 0.29) is 5.54 Å². The van der Waals surface area contributed by atoms with Crippen LogP contribution in [-0.4, -0.2) is 38.4 Å². The van der Waals surface area contributed by atoms with E-state index in [0.717, 1.165) is 47.7 Å². The quantitative estimate of drug-likeness (QED) is 0.621. The third kappa shape index (κ3) is 3.39. The van der Waals surface area contributed by atoms with Gasteiger partial charge in [0.1, 0.15) is 10.6 Å². The van der Waals surface area contributed by atoms with Crippen LogP contribution >= 0.6 is 11.3 Å². The Bertz CT molecular complexity index is 966. The highest BCUT2D eigenvalue weighted by Gasteiger charge is 2.38. The van der Waals surface area contributed by atoms with Crippen LogP contribution in [-0.2, 0) is 0 Å². The van der Waals surface area contributed by atoms with Crippen LogP contribution in [0.25, 0.3) is 10.2 Å². The summed E-state index contributed by atoms with van der Waals surface area (Å²) in [7, 11) is 0. The lowest BCUT2D eigenvalue weighted by molar-refractivity contribution is 0.343. The molecule has 5 rings (SSSR count). The molecule has 1 aliphatic carbocycles. The smallest absolute Gasteiger partial charge is 0.230 e. The van der Waals surface area contributed by atoms with Crippen LogP contribution in [0.1, 0.15) is 44.2 Å². The molecule has 3 N–H and O–H groups in total. The molecule has 1 aliphatic heterocycles. The zero-order valence-corrected chi connectivity index (χ0v) is 16.6. The van der Waals surface area contributed by atoms with Gasteiger partial charge in [0, 0.05) is 11.7 Å². The number of nitrogens with one attached hydrogen (secondary N) is 3. The predicted octanol–water partition coefficient (Wildman–Crippen LogP) is 3.83. The third-order valence-corrected chi connectivity index (χ3v) is 6.57. The molecule has 0 aromatic carbocycles. The van der Waals surface area contributed by atoms with Gasteiger partial charge in [0.2, 0.25) is 5.95 Å². The maximum absolute atomic E-state index is 4.80. The number of nitrogens with zero attached hydrogens (tertiary/aromatic N) is 4. The average Bonchev–Trinajstić information content (AvgIpc) is 3.05. The molecule has 1 saturated heterocycles. The molecule has 27 heavy (non-hydrogen) atoms. The molecular formula is C19H25N7S. The molecule has 3 aromatic heterocycles. The van der Waals surface area contributed by atoms with Gasteiger partial charge in [-0.05, 0) is 63.6 Å². The average molecular weight is 384 g/mol. The Morgan fingerprint density at radius 1 is 1.26 bits per heavy atom. The lowest BCUT2D eigenvalue weighted by Gasteiger charge is -2.22. The summed E-state index contributed by atoms with van der Waals surface area (Å²) in [5, 5.41) is 18.2. The lowest BCUT2D eigenvalue weighted by Crippen LogP contribution is -2.29. The Morgan fingerprint density at radius 3 is 2.85 bits per heavy atom. The minimum Gasteiger partial charge on any atom is -0.364 e. The van der Waals surface area contributed by atoms with Gasteiger partial charge in [-0.1, -0.05) is 0 Å². The minimum atomic E-state index is 0.173. The maximum atomic E-state index is 4.80. The van der Waals surface area contributed by atoms with Gasteiger partial charge in [-0.3, -0.25) is 4.68 Å². The van der Waals surface area contributed by atoms with Gasteiger partial charge in [-0.15, -0.1) is 11.3 Å². The van der Waals surface area contributed by atoms with Crippen molar-refractivity contribution in [1.29, 1.82) is 0 Å². The van der Waals surface area contributed by atoms with Crippen molar-refractivity contribution in [2.24, 2.45) is 0 Å². The summed E-state index contributed by atoms with van der Waals surface area (Å²) in [5.74, 6) is 1.56. The largest absolute Gasteiger partial charge is 0.364 e. The fourth-order valence-corrected chi connectivity index (χ4v) is 4.55. The van der Waals surface area contributed by atoms with Crippen molar-refractivity contribution in [3.05, 3.63) is 23.3 Å². The highest BCUT2D eigenvalue weighted by molar-refractivity contribution is 7.17. The summed E-state index contributed by atoms with van der Waals surface area (Å²) in [5.41, 5.74) is 2.34. The lowest BCUT2D eigenvalue weighted by atomic mass is 10.1. The molecule has 4 heterocycles. The Kier molecular flexibility index (Phi) is 4.05. The van der Waals surface area contributed by atoms with Crippen LogP contribution in [0.2, 0.25) is 0 Å². The first-order valence-corrected chi connectivity index (χ1v) is 10.5. The molecule has 0 radical (unpaired) electrons. The molecule has 0 unspecified atom stereocenters. The monoisotopic (exact) mass is 383 g/mol. The van der Waals surface area contributed by atoms with E-state index in [1.165, 1.54) is 18.4 Å². The number of piperidine rings is 1. The van der Waals surface area contributed by atoms with Crippen LogP contribution < -0.4 is 16.0 Å². The molecule has 7 nitrogen and oxygen atoms in total. The number of hydrogen-bond acceptors (Lipinski definition) is 7. The van der Waals surface area contributed by atoms with E-state index >= 15 is 0 Å². The molecule has 8 heteroatoms. The van der Waals surface area contributed by atoms with E-state index in [2.05, 4.69) is 51.2 Å². The van der Waals surface area contributed by atoms with Crippen LogP contribution in [0.3, 0.4) is 0 Å². The SMILES string of the molecule is Cc1csc2nc(Nc3cnn(C4CCNCC4)c3)nc(NC3(C)CC3)c12. The van der Waals surface area contributed by atoms with E-state index in [1.54, 1.807) is 11.3 Å². The normalized spacial score (nSPS) is 19.3. The van der Waals surface area contributed by atoms with Gasteiger partial charge in [-0.25, -0.2) is 4.98 Å². The van der Waals surface area contributed by atoms with Gasteiger partial charge >= 0.3 is 0 Å². The first kappa shape index (κ1) is 16.9. The first-order chi connectivity index (χ1) is 13.1. The molecule has 0 amide bonds. The maximum Gasteiger partial charge on any atom is 0.230 e. The number of anilines is 3. The minimum absolute atomic E-state index is 0.173. The van der Waals surface area contributed by atoms with Gasteiger partial charge < -0.3 is 16.0 Å². The van der Waals surface area contributed by atoms with Crippen molar-refractivity contribution in [2.75, 3.05) is 23.7 Å². The Labute approximate surface area is 162 Å². The van der Waals surface area contributed by atoms with Crippen LogP contribution in [0.5, 0.6) is 0 Å². The molecule has 0 bridgehead atoms. The highest BCUT2D eigenvalue weighted by atomic mass is 32.1. The fraction of sp³-hybridized carbons (Fsp3) is 0.526. The van der Waals surface area contributed by atoms with Crippen molar-refractivity contribution in [1.82, 2.24) is 25.1 Å². The standard InChI is InChI=1S/C19H25N7S/c1-12-11-27-17-15(12)16(25-19(2)5-6-19)23-18(24-17)22-13-9-21-26(10-13)14-3-7-20-8-4-14/h9-11,14,20H,3-8H2,1-2H3,(H2,22,23,24,25). The van der Waals surface area contributed by atoms with E-state index in [9.17, 15) is 0 Å². The van der Waals surface area contributed by atoms with Crippen LogP contribution in [0.15, 0.2) is 17.8 Å².